The molecule has 178 valence electrons. The van der Waals surface area contributed by atoms with E-state index >= 15 is 0 Å². The summed E-state index contributed by atoms with van der Waals surface area (Å²) in [7, 11) is -3.62. The second-order valence-corrected chi connectivity index (χ2v) is 10.5. The molecule has 2 amide bonds. The number of amides is 2. The zero-order chi connectivity index (χ0) is 24.0. The maximum Gasteiger partial charge on any atom is 0.245 e. The number of nitrogens with two attached hydrogens (primary N) is 1. The predicted octanol–water partition coefficient (Wildman–Crippen LogP) is 2.14. The minimum atomic E-state index is -3.62. The van der Waals surface area contributed by atoms with E-state index in [0.29, 0.717) is 11.4 Å². The number of rotatable bonds is 9. The molecule has 1 saturated heterocycles. The molecule has 0 aliphatic carbocycles. The van der Waals surface area contributed by atoms with Crippen molar-refractivity contribution >= 4 is 33.2 Å². The number of nitrogens with one attached hydrogen (secondary N) is 1. The number of aryl methyl sites for hydroxylation is 1. The number of anilines is 2. The highest BCUT2D eigenvalue weighted by atomic mass is 32.2. The quantitative estimate of drug-likeness (QED) is 0.581. The van der Waals surface area contributed by atoms with Crippen LogP contribution in [0.1, 0.15) is 24.0 Å². The first-order chi connectivity index (χ1) is 15.6. The summed E-state index contributed by atoms with van der Waals surface area (Å²) in [6.45, 7) is 4.16. The highest BCUT2D eigenvalue weighted by Gasteiger charge is 2.23. The van der Waals surface area contributed by atoms with Gasteiger partial charge in [0.2, 0.25) is 21.8 Å². The Balaban J connectivity index is 1.53. The lowest BCUT2D eigenvalue weighted by Gasteiger charge is -2.30. The number of hydrogen-bond donors (Lipinski definition) is 2. The lowest BCUT2D eigenvalue weighted by atomic mass is 9.96. The summed E-state index contributed by atoms with van der Waals surface area (Å²) in [5.41, 5.74) is 8.41. The van der Waals surface area contributed by atoms with Crippen molar-refractivity contribution in [1.29, 1.82) is 0 Å². The molecule has 3 rings (SSSR count). The van der Waals surface area contributed by atoms with Gasteiger partial charge < -0.3 is 16.0 Å². The van der Waals surface area contributed by atoms with Crippen molar-refractivity contribution < 1.29 is 18.0 Å². The molecule has 0 spiro atoms. The Morgan fingerprint density at radius 1 is 1.09 bits per heavy atom. The third-order valence-electron chi connectivity index (χ3n) is 6.02. The van der Waals surface area contributed by atoms with Crippen LogP contribution in [0, 0.1) is 12.8 Å². The Hall–Kier alpha value is -2.91. The van der Waals surface area contributed by atoms with Gasteiger partial charge in [0, 0.05) is 18.2 Å². The Morgan fingerprint density at radius 3 is 2.30 bits per heavy atom. The normalized spacial score (nSPS) is 15.2. The number of carbonyl (C=O) groups is 2. The summed E-state index contributed by atoms with van der Waals surface area (Å²) >= 11 is 0. The Labute approximate surface area is 195 Å². The predicted molar refractivity (Wildman–Crippen MR) is 131 cm³/mol. The summed E-state index contributed by atoms with van der Waals surface area (Å²) in [6.07, 6.45) is 3.59. The monoisotopic (exact) mass is 472 g/mol. The summed E-state index contributed by atoms with van der Waals surface area (Å²) in [5.74, 6) is -0.617. The lowest BCUT2D eigenvalue weighted by molar-refractivity contribution is -0.123. The molecule has 0 unspecified atom stereocenters. The van der Waals surface area contributed by atoms with Crippen molar-refractivity contribution in [3.05, 3.63) is 59.7 Å². The topological polar surface area (TPSA) is 113 Å². The van der Waals surface area contributed by atoms with Crippen molar-refractivity contribution in [2.75, 3.05) is 42.1 Å². The number of piperidine rings is 1. The summed E-state index contributed by atoms with van der Waals surface area (Å²) in [6, 6.07) is 14.6. The van der Waals surface area contributed by atoms with Crippen LogP contribution >= 0.6 is 0 Å². The van der Waals surface area contributed by atoms with E-state index in [1.165, 1.54) is 0 Å². The van der Waals surface area contributed by atoms with Crippen molar-refractivity contribution in [3.8, 4) is 0 Å². The molecule has 1 aliphatic heterocycles. The first-order valence-corrected chi connectivity index (χ1v) is 12.9. The Kier molecular flexibility index (Phi) is 8.10. The fraction of sp³-hybridized carbons (Fsp3) is 0.417. The van der Waals surface area contributed by atoms with Crippen molar-refractivity contribution in [3.63, 3.8) is 0 Å². The number of hydrogen-bond acceptors (Lipinski definition) is 5. The second kappa shape index (κ2) is 10.8. The summed E-state index contributed by atoms with van der Waals surface area (Å²) < 4.78 is 25.7. The van der Waals surface area contributed by atoms with Crippen molar-refractivity contribution in [2.45, 2.75) is 26.2 Å². The molecule has 1 aliphatic rings. The molecule has 0 bridgehead atoms. The minimum Gasteiger partial charge on any atom is -0.369 e. The van der Waals surface area contributed by atoms with Crippen LogP contribution in [0.4, 0.5) is 11.4 Å². The third-order valence-corrected chi connectivity index (χ3v) is 7.14. The first kappa shape index (κ1) is 24.7. The molecule has 3 N–H and O–H groups in total. The lowest BCUT2D eigenvalue weighted by Crippen LogP contribution is -2.39. The zero-order valence-electron chi connectivity index (χ0n) is 19.2. The van der Waals surface area contributed by atoms with Gasteiger partial charge in [0.15, 0.2) is 0 Å². The van der Waals surface area contributed by atoms with Gasteiger partial charge in [-0.2, -0.15) is 0 Å². The molecule has 2 aromatic carbocycles. The van der Waals surface area contributed by atoms with Crippen LogP contribution in [0.2, 0.25) is 0 Å². The first-order valence-electron chi connectivity index (χ1n) is 11.1. The average Bonchev–Trinajstić information content (AvgIpc) is 2.77. The van der Waals surface area contributed by atoms with Crippen molar-refractivity contribution in [1.82, 2.24) is 4.90 Å². The van der Waals surface area contributed by atoms with Gasteiger partial charge in [-0.25, -0.2) is 8.42 Å². The van der Waals surface area contributed by atoms with E-state index in [4.69, 9.17) is 5.73 Å². The third kappa shape index (κ3) is 7.03. The SMILES string of the molecule is Cc1ccccc1N(CC(=O)Nc1ccc(CCN2CCC(C(N)=O)CC2)cc1)S(C)(=O)=O. The van der Waals surface area contributed by atoms with Gasteiger partial charge in [-0.3, -0.25) is 13.9 Å². The molecule has 0 aromatic heterocycles. The molecule has 0 atom stereocenters. The number of carbonyl (C=O) groups excluding carboxylic acids is 2. The molecule has 8 nitrogen and oxygen atoms in total. The molecule has 9 heteroatoms. The van der Waals surface area contributed by atoms with Crippen molar-refractivity contribution in [2.24, 2.45) is 11.7 Å². The highest BCUT2D eigenvalue weighted by molar-refractivity contribution is 7.92. The van der Waals surface area contributed by atoms with Crippen LogP contribution in [0.15, 0.2) is 48.5 Å². The van der Waals surface area contributed by atoms with E-state index in [9.17, 15) is 18.0 Å². The van der Waals surface area contributed by atoms with Crippen LogP contribution in [0.25, 0.3) is 0 Å². The fourth-order valence-electron chi connectivity index (χ4n) is 4.04. The standard InChI is InChI=1S/C24H32N4O4S/c1-18-5-3-4-6-22(18)28(33(2,31)32)17-23(29)26-21-9-7-19(8-10-21)11-14-27-15-12-20(13-16-27)24(25)30/h3-10,20H,11-17H2,1-2H3,(H2,25,30)(H,26,29). The van der Waals surface area contributed by atoms with Gasteiger partial charge in [0.05, 0.1) is 11.9 Å². The fourth-order valence-corrected chi connectivity index (χ4v) is 4.95. The number of para-hydroxylation sites is 1. The van der Waals surface area contributed by atoms with Gasteiger partial charge in [0.1, 0.15) is 6.54 Å². The van der Waals surface area contributed by atoms with Gasteiger partial charge in [-0.15, -0.1) is 0 Å². The second-order valence-electron chi connectivity index (χ2n) is 8.57. The van der Waals surface area contributed by atoms with Gasteiger partial charge in [-0.05, 0) is 68.6 Å². The van der Waals surface area contributed by atoms with Crippen LogP contribution in [0.3, 0.4) is 0 Å². The maximum absolute atomic E-state index is 12.6. The van der Waals surface area contributed by atoms with E-state index in [-0.39, 0.29) is 18.4 Å². The molecule has 0 saturated carbocycles. The van der Waals surface area contributed by atoms with Crippen LogP contribution in [-0.4, -0.2) is 57.6 Å². The largest absolute Gasteiger partial charge is 0.369 e. The average molecular weight is 473 g/mol. The van der Waals surface area contributed by atoms with Gasteiger partial charge in [-0.1, -0.05) is 30.3 Å². The molecule has 1 heterocycles. The summed E-state index contributed by atoms with van der Waals surface area (Å²) in [4.78, 5) is 26.2. The van der Waals surface area contributed by atoms with E-state index in [1.807, 2.05) is 43.3 Å². The smallest absolute Gasteiger partial charge is 0.245 e. The number of primary amides is 1. The van der Waals surface area contributed by atoms with E-state index < -0.39 is 15.9 Å². The number of benzene rings is 2. The number of nitrogens with zero attached hydrogens (tertiary/aromatic N) is 2. The van der Waals surface area contributed by atoms with E-state index in [2.05, 4.69) is 10.2 Å². The zero-order valence-corrected chi connectivity index (χ0v) is 20.0. The molecule has 0 radical (unpaired) electrons. The molecule has 2 aromatic rings. The highest BCUT2D eigenvalue weighted by Crippen LogP contribution is 2.22. The number of sulfonamides is 1. The van der Waals surface area contributed by atoms with Gasteiger partial charge >= 0.3 is 0 Å². The van der Waals surface area contributed by atoms with Gasteiger partial charge in [0.25, 0.3) is 0 Å². The molecular formula is C24H32N4O4S. The Bertz CT molecular complexity index is 1080. The number of likely N-dealkylation sites (tertiary alicyclic amines) is 1. The van der Waals surface area contributed by atoms with Crippen LogP contribution in [-0.2, 0) is 26.0 Å². The van der Waals surface area contributed by atoms with E-state index in [0.717, 1.165) is 60.6 Å². The molecule has 1 fully saturated rings. The molecular weight excluding hydrogens is 440 g/mol. The van der Waals surface area contributed by atoms with Crippen LogP contribution < -0.4 is 15.4 Å². The summed E-state index contributed by atoms with van der Waals surface area (Å²) in [5, 5.41) is 2.78. The molecule has 33 heavy (non-hydrogen) atoms. The minimum absolute atomic E-state index is 0.00595. The van der Waals surface area contributed by atoms with Crippen LogP contribution in [0.5, 0.6) is 0 Å². The maximum atomic E-state index is 12.6. The Morgan fingerprint density at radius 2 is 1.73 bits per heavy atom. The van der Waals surface area contributed by atoms with E-state index in [1.54, 1.807) is 12.1 Å².